The molecule has 0 fully saturated rings. The van der Waals surface area contributed by atoms with Crippen LogP contribution in [0.5, 0.6) is 0 Å². The topological polar surface area (TPSA) is 97.8 Å². The number of sulfonamides is 1. The molecular weight excluding hydrogens is 298 g/mol. The fraction of sp³-hybridized carbons (Fsp3) is 0.308. The number of nitrogens with zero attached hydrogens (tertiary/aromatic N) is 1. The zero-order chi connectivity index (χ0) is 15.6. The Kier molecular flexibility index (Phi) is 4.08. The summed E-state index contributed by atoms with van der Waals surface area (Å²) in [4.78, 5) is 33.9. The molecule has 0 saturated carbocycles. The van der Waals surface area contributed by atoms with Crippen molar-refractivity contribution in [2.75, 3.05) is 13.2 Å². The van der Waals surface area contributed by atoms with Crippen LogP contribution in [0.2, 0.25) is 0 Å². The van der Waals surface area contributed by atoms with Gasteiger partial charge in [-0.25, -0.2) is 12.7 Å². The van der Waals surface area contributed by atoms with Gasteiger partial charge in [0.1, 0.15) is 23.7 Å². The van der Waals surface area contributed by atoms with Gasteiger partial charge in [-0.2, -0.15) is 0 Å². The van der Waals surface area contributed by atoms with Crippen LogP contribution >= 0.6 is 0 Å². The van der Waals surface area contributed by atoms with E-state index in [4.69, 9.17) is 4.74 Å². The van der Waals surface area contributed by atoms with Gasteiger partial charge in [0.05, 0.1) is 12.1 Å². The van der Waals surface area contributed by atoms with Gasteiger partial charge in [0.2, 0.25) is 0 Å². The molecule has 8 heteroatoms. The Labute approximate surface area is 121 Å². The summed E-state index contributed by atoms with van der Waals surface area (Å²) in [6.45, 7) is 0.677. The molecule has 1 heterocycles. The number of ether oxygens (including phenoxy) is 1. The first kappa shape index (κ1) is 15.2. The van der Waals surface area contributed by atoms with Crippen molar-refractivity contribution in [3.8, 4) is 0 Å². The quantitative estimate of drug-likeness (QED) is 0.575. The van der Waals surface area contributed by atoms with Crippen molar-refractivity contribution in [2.24, 2.45) is 0 Å². The highest BCUT2D eigenvalue weighted by Gasteiger charge is 2.40. The van der Waals surface area contributed by atoms with Crippen LogP contribution < -0.4 is 0 Å². The standard InChI is InChI=1S/C13H13NO6S/c1-9(15)8-12(16)20-7-6-14-13(17)10-4-2-3-5-11(10)21(14,18)19/h2-5H,6-8H2,1H3. The van der Waals surface area contributed by atoms with Crippen LogP contribution in [0.1, 0.15) is 23.7 Å². The molecule has 1 aliphatic rings. The zero-order valence-corrected chi connectivity index (χ0v) is 12.1. The maximum Gasteiger partial charge on any atom is 0.313 e. The van der Waals surface area contributed by atoms with Crippen molar-refractivity contribution in [2.45, 2.75) is 18.2 Å². The van der Waals surface area contributed by atoms with Crippen molar-refractivity contribution in [1.82, 2.24) is 4.31 Å². The van der Waals surface area contributed by atoms with Crippen LogP contribution in [0.25, 0.3) is 0 Å². The molecule has 1 aromatic carbocycles. The summed E-state index contributed by atoms with van der Waals surface area (Å²) >= 11 is 0. The van der Waals surface area contributed by atoms with E-state index in [0.29, 0.717) is 4.31 Å². The summed E-state index contributed by atoms with van der Waals surface area (Å²) in [6.07, 6.45) is -0.374. The number of benzene rings is 1. The molecule has 2 rings (SSSR count). The van der Waals surface area contributed by atoms with E-state index in [0.717, 1.165) is 0 Å². The molecule has 21 heavy (non-hydrogen) atoms. The summed E-state index contributed by atoms with van der Waals surface area (Å²) in [7, 11) is -3.89. The molecule has 0 atom stereocenters. The molecule has 0 N–H and O–H groups in total. The van der Waals surface area contributed by atoms with Crippen molar-refractivity contribution >= 4 is 27.7 Å². The van der Waals surface area contributed by atoms with Gasteiger partial charge in [0, 0.05) is 0 Å². The Morgan fingerprint density at radius 3 is 2.52 bits per heavy atom. The molecule has 0 aromatic heterocycles. The molecule has 1 amide bonds. The maximum absolute atomic E-state index is 12.2. The first-order valence-corrected chi connectivity index (χ1v) is 7.59. The summed E-state index contributed by atoms with van der Waals surface area (Å²) in [6, 6.07) is 5.88. The van der Waals surface area contributed by atoms with E-state index in [1.54, 1.807) is 6.07 Å². The minimum Gasteiger partial charge on any atom is -0.463 e. The molecule has 1 aliphatic heterocycles. The number of amides is 1. The zero-order valence-electron chi connectivity index (χ0n) is 11.2. The lowest BCUT2D eigenvalue weighted by molar-refractivity contribution is -0.145. The van der Waals surface area contributed by atoms with Crippen LogP contribution in [-0.2, 0) is 24.3 Å². The Hall–Kier alpha value is -2.22. The number of Topliss-reactive ketones (excluding diaryl/α,β-unsaturated/α-hetero) is 1. The molecule has 0 radical (unpaired) electrons. The minimum atomic E-state index is -3.89. The predicted molar refractivity (Wildman–Crippen MR) is 70.9 cm³/mol. The predicted octanol–water partition coefficient (Wildman–Crippen LogP) is 0.353. The number of carbonyl (C=O) groups excluding carboxylic acids is 3. The van der Waals surface area contributed by atoms with Gasteiger partial charge in [0.15, 0.2) is 0 Å². The van der Waals surface area contributed by atoms with E-state index in [1.807, 2.05) is 0 Å². The van der Waals surface area contributed by atoms with Gasteiger partial charge in [-0.15, -0.1) is 0 Å². The number of ketones is 1. The van der Waals surface area contributed by atoms with Gasteiger partial charge in [-0.3, -0.25) is 14.4 Å². The third-order valence-electron chi connectivity index (χ3n) is 2.86. The van der Waals surface area contributed by atoms with Gasteiger partial charge in [-0.05, 0) is 19.1 Å². The highest BCUT2D eigenvalue weighted by atomic mass is 32.2. The molecule has 1 aromatic rings. The van der Waals surface area contributed by atoms with Crippen LogP contribution in [0.3, 0.4) is 0 Å². The lowest BCUT2D eigenvalue weighted by Gasteiger charge is -2.14. The van der Waals surface area contributed by atoms with Crippen molar-refractivity contribution < 1.29 is 27.5 Å². The van der Waals surface area contributed by atoms with Crippen molar-refractivity contribution in [3.63, 3.8) is 0 Å². The average molecular weight is 311 g/mol. The van der Waals surface area contributed by atoms with E-state index in [-0.39, 0.29) is 35.8 Å². The number of carbonyl (C=O) groups is 3. The number of hydrogen-bond donors (Lipinski definition) is 0. The normalized spacial score (nSPS) is 15.7. The first-order chi connectivity index (χ1) is 9.84. The van der Waals surface area contributed by atoms with E-state index in [1.165, 1.54) is 25.1 Å². The number of rotatable bonds is 5. The number of esters is 1. The Balaban J connectivity index is 2.05. The molecular formula is C13H13NO6S. The summed E-state index contributed by atoms with van der Waals surface area (Å²) in [5.74, 6) is -1.74. The third-order valence-corrected chi connectivity index (χ3v) is 4.70. The molecule has 0 saturated heterocycles. The van der Waals surface area contributed by atoms with Gasteiger partial charge >= 0.3 is 5.97 Å². The molecule has 0 aliphatic carbocycles. The summed E-state index contributed by atoms with van der Waals surface area (Å²) in [5.41, 5.74) is 0.104. The average Bonchev–Trinajstić information content (AvgIpc) is 2.59. The number of fused-ring (bicyclic) bond motifs is 1. The second-order valence-corrected chi connectivity index (χ2v) is 6.31. The molecule has 7 nitrogen and oxygen atoms in total. The van der Waals surface area contributed by atoms with Gasteiger partial charge < -0.3 is 4.74 Å². The minimum absolute atomic E-state index is 0.0509. The maximum atomic E-state index is 12.2. The van der Waals surface area contributed by atoms with Crippen LogP contribution in [-0.4, -0.2) is 43.5 Å². The van der Waals surface area contributed by atoms with Crippen LogP contribution in [0, 0.1) is 0 Å². The molecule has 0 spiro atoms. The van der Waals surface area contributed by atoms with Gasteiger partial charge in [-0.1, -0.05) is 12.1 Å². The Morgan fingerprint density at radius 1 is 1.24 bits per heavy atom. The Morgan fingerprint density at radius 2 is 1.90 bits per heavy atom. The Bertz CT molecular complexity index is 709. The van der Waals surface area contributed by atoms with E-state index < -0.39 is 21.9 Å². The lowest BCUT2D eigenvalue weighted by Crippen LogP contribution is -2.33. The van der Waals surface area contributed by atoms with E-state index >= 15 is 0 Å². The van der Waals surface area contributed by atoms with Gasteiger partial charge in [0.25, 0.3) is 15.9 Å². The summed E-state index contributed by atoms with van der Waals surface area (Å²) in [5, 5.41) is 0. The molecule has 0 unspecified atom stereocenters. The van der Waals surface area contributed by atoms with Crippen LogP contribution in [0.15, 0.2) is 29.2 Å². The first-order valence-electron chi connectivity index (χ1n) is 6.15. The van der Waals surface area contributed by atoms with Crippen LogP contribution in [0.4, 0.5) is 0 Å². The monoisotopic (exact) mass is 311 g/mol. The van der Waals surface area contributed by atoms with Crippen molar-refractivity contribution in [1.29, 1.82) is 0 Å². The highest BCUT2D eigenvalue weighted by molar-refractivity contribution is 7.90. The molecule has 112 valence electrons. The smallest absolute Gasteiger partial charge is 0.313 e. The van der Waals surface area contributed by atoms with E-state index in [9.17, 15) is 22.8 Å². The summed E-state index contributed by atoms with van der Waals surface area (Å²) < 4.78 is 29.7. The lowest BCUT2D eigenvalue weighted by atomic mass is 10.2. The highest BCUT2D eigenvalue weighted by Crippen LogP contribution is 2.29. The fourth-order valence-electron chi connectivity index (χ4n) is 1.95. The fourth-order valence-corrected chi connectivity index (χ4v) is 3.50. The third kappa shape index (κ3) is 2.94. The van der Waals surface area contributed by atoms with Crippen molar-refractivity contribution in [3.05, 3.63) is 29.8 Å². The second kappa shape index (κ2) is 5.65. The largest absolute Gasteiger partial charge is 0.463 e. The second-order valence-electron chi connectivity index (χ2n) is 4.48. The number of hydrogen-bond acceptors (Lipinski definition) is 6. The van der Waals surface area contributed by atoms with E-state index in [2.05, 4.69) is 0 Å². The molecule has 0 bridgehead atoms. The SMILES string of the molecule is CC(=O)CC(=O)OCCN1C(=O)c2ccccc2S1(=O)=O.